The van der Waals surface area contributed by atoms with Gasteiger partial charge in [-0.05, 0) is 18.6 Å². The number of benzene rings is 1. The Morgan fingerprint density at radius 2 is 2.00 bits per heavy atom. The van der Waals surface area contributed by atoms with E-state index in [9.17, 15) is 4.79 Å². The third-order valence-electron chi connectivity index (χ3n) is 2.18. The fraction of sp³-hybridized carbons (Fsp3) is 0.0833. The number of nitrogens with zero attached hydrogens (tertiary/aromatic N) is 2. The molecule has 2 rings (SSSR count). The number of aromatic nitrogens is 2. The summed E-state index contributed by atoms with van der Waals surface area (Å²) in [7, 11) is 0. The minimum absolute atomic E-state index is 0.406. The van der Waals surface area contributed by atoms with Crippen LogP contribution in [0, 0.1) is 6.92 Å². The highest BCUT2D eigenvalue weighted by atomic mass is 16.1. The number of hydrogen-bond donors (Lipinski definition) is 0. The molecule has 0 fully saturated rings. The molecule has 0 aliphatic carbocycles. The Bertz CT molecular complexity index is 494. The van der Waals surface area contributed by atoms with Gasteiger partial charge >= 0.3 is 0 Å². The first-order valence-corrected chi connectivity index (χ1v) is 4.65. The van der Waals surface area contributed by atoms with E-state index in [-0.39, 0.29) is 0 Å². The standard InChI is InChI=1S/C12H10N2O/c1-9-4-2-3-5-11(9)12-13-7-6-10(8-15)14-12/h2-8H,1H3. The van der Waals surface area contributed by atoms with Crippen LogP contribution in [0.4, 0.5) is 0 Å². The molecule has 0 saturated heterocycles. The second-order valence-electron chi connectivity index (χ2n) is 3.24. The van der Waals surface area contributed by atoms with E-state index in [2.05, 4.69) is 9.97 Å². The van der Waals surface area contributed by atoms with E-state index in [1.807, 2.05) is 31.2 Å². The van der Waals surface area contributed by atoms with Crippen molar-refractivity contribution in [2.24, 2.45) is 0 Å². The van der Waals surface area contributed by atoms with Crippen molar-refractivity contribution in [1.82, 2.24) is 9.97 Å². The van der Waals surface area contributed by atoms with Crippen LogP contribution in [0.15, 0.2) is 36.5 Å². The molecule has 0 aliphatic rings. The van der Waals surface area contributed by atoms with Gasteiger partial charge in [-0.25, -0.2) is 9.97 Å². The van der Waals surface area contributed by atoms with Crippen LogP contribution < -0.4 is 0 Å². The molecule has 0 spiro atoms. The fourth-order valence-electron chi connectivity index (χ4n) is 1.39. The number of aryl methyl sites for hydroxylation is 1. The van der Waals surface area contributed by atoms with Crippen molar-refractivity contribution >= 4 is 6.29 Å². The summed E-state index contributed by atoms with van der Waals surface area (Å²) in [5, 5.41) is 0. The van der Waals surface area contributed by atoms with Crippen LogP contribution in [-0.4, -0.2) is 16.3 Å². The molecular formula is C12H10N2O. The minimum Gasteiger partial charge on any atom is -0.296 e. The Kier molecular flexibility index (Phi) is 2.54. The van der Waals surface area contributed by atoms with Gasteiger partial charge < -0.3 is 0 Å². The quantitative estimate of drug-likeness (QED) is 0.695. The molecule has 2 aromatic rings. The molecule has 1 heterocycles. The number of rotatable bonds is 2. The molecule has 0 radical (unpaired) electrons. The Morgan fingerprint density at radius 1 is 1.20 bits per heavy atom. The van der Waals surface area contributed by atoms with Gasteiger partial charge in [0, 0.05) is 11.8 Å². The monoisotopic (exact) mass is 198 g/mol. The van der Waals surface area contributed by atoms with Gasteiger partial charge in [0.1, 0.15) is 5.69 Å². The Morgan fingerprint density at radius 3 is 2.73 bits per heavy atom. The molecule has 1 aromatic carbocycles. The Labute approximate surface area is 87.8 Å². The normalized spacial score (nSPS) is 9.93. The summed E-state index contributed by atoms with van der Waals surface area (Å²) >= 11 is 0. The van der Waals surface area contributed by atoms with Crippen LogP contribution in [-0.2, 0) is 0 Å². The van der Waals surface area contributed by atoms with Crippen molar-refractivity contribution in [2.75, 3.05) is 0 Å². The lowest BCUT2D eigenvalue weighted by molar-refractivity contribution is 0.111. The van der Waals surface area contributed by atoms with Crippen molar-refractivity contribution in [3.05, 3.63) is 47.8 Å². The maximum Gasteiger partial charge on any atom is 0.168 e. The van der Waals surface area contributed by atoms with Crippen LogP contribution in [0.5, 0.6) is 0 Å². The number of carbonyl (C=O) groups is 1. The summed E-state index contributed by atoms with van der Waals surface area (Å²) in [5.41, 5.74) is 2.46. The zero-order chi connectivity index (χ0) is 10.7. The zero-order valence-electron chi connectivity index (χ0n) is 8.34. The van der Waals surface area contributed by atoms with Gasteiger partial charge in [-0.2, -0.15) is 0 Å². The minimum atomic E-state index is 0.406. The van der Waals surface area contributed by atoms with Gasteiger partial charge in [0.2, 0.25) is 0 Å². The Balaban J connectivity index is 2.54. The summed E-state index contributed by atoms with van der Waals surface area (Å²) in [5.74, 6) is 0.595. The topological polar surface area (TPSA) is 42.9 Å². The zero-order valence-corrected chi connectivity index (χ0v) is 8.34. The van der Waals surface area contributed by atoms with E-state index in [1.54, 1.807) is 12.3 Å². The first-order chi connectivity index (χ1) is 7.31. The maximum atomic E-state index is 10.6. The first kappa shape index (κ1) is 9.52. The molecular weight excluding hydrogens is 188 g/mol. The first-order valence-electron chi connectivity index (χ1n) is 4.65. The van der Waals surface area contributed by atoms with E-state index >= 15 is 0 Å². The van der Waals surface area contributed by atoms with E-state index in [1.165, 1.54) is 0 Å². The molecule has 0 saturated carbocycles. The molecule has 15 heavy (non-hydrogen) atoms. The van der Waals surface area contributed by atoms with Crippen LogP contribution in [0.1, 0.15) is 16.1 Å². The Hall–Kier alpha value is -2.03. The second kappa shape index (κ2) is 4.00. The third-order valence-corrected chi connectivity index (χ3v) is 2.18. The smallest absolute Gasteiger partial charge is 0.168 e. The van der Waals surface area contributed by atoms with Gasteiger partial charge in [0.05, 0.1) is 0 Å². The highest BCUT2D eigenvalue weighted by Gasteiger charge is 2.04. The molecule has 0 N–H and O–H groups in total. The van der Waals surface area contributed by atoms with Crippen molar-refractivity contribution in [2.45, 2.75) is 6.92 Å². The highest BCUT2D eigenvalue weighted by Crippen LogP contribution is 2.18. The van der Waals surface area contributed by atoms with E-state index in [0.717, 1.165) is 17.4 Å². The van der Waals surface area contributed by atoms with Crippen LogP contribution in [0.3, 0.4) is 0 Å². The predicted octanol–water partition coefficient (Wildman–Crippen LogP) is 2.26. The van der Waals surface area contributed by atoms with E-state index < -0.39 is 0 Å². The summed E-state index contributed by atoms with van der Waals surface area (Å²) < 4.78 is 0. The van der Waals surface area contributed by atoms with Gasteiger partial charge in [-0.1, -0.05) is 24.3 Å². The van der Waals surface area contributed by atoms with E-state index in [0.29, 0.717) is 11.5 Å². The second-order valence-corrected chi connectivity index (χ2v) is 3.24. The molecule has 0 aliphatic heterocycles. The molecule has 3 nitrogen and oxygen atoms in total. The molecule has 0 unspecified atom stereocenters. The molecule has 0 amide bonds. The summed E-state index contributed by atoms with van der Waals surface area (Å²) in [6, 6.07) is 9.42. The molecule has 74 valence electrons. The lowest BCUT2D eigenvalue weighted by atomic mass is 10.1. The van der Waals surface area contributed by atoms with Crippen LogP contribution >= 0.6 is 0 Å². The van der Waals surface area contributed by atoms with E-state index in [4.69, 9.17) is 0 Å². The number of aldehydes is 1. The molecule has 1 aromatic heterocycles. The SMILES string of the molecule is Cc1ccccc1-c1nccc(C=O)n1. The maximum absolute atomic E-state index is 10.6. The lowest BCUT2D eigenvalue weighted by Gasteiger charge is -2.03. The summed E-state index contributed by atoms with van der Waals surface area (Å²) in [6.07, 6.45) is 2.32. The summed E-state index contributed by atoms with van der Waals surface area (Å²) in [4.78, 5) is 18.9. The highest BCUT2D eigenvalue weighted by molar-refractivity contribution is 5.73. The largest absolute Gasteiger partial charge is 0.296 e. The third kappa shape index (κ3) is 1.91. The van der Waals surface area contributed by atoms with Gasteiger partial charge in [0.25, 0.3) is 0 Å². The van der Waals surface area contributed by atoms with Gasteiger partial charge in [0.15, 0.2) is 12.1 Å². The average Bonchev–Trinajstić information content (AvgIpc) is 2.30. The lowest BCUT2D eigenvalue weighted by Crippen LogP contribution is -1.94. The molecule has 0 atom stereocenters. The number of carbonyl (C=O) groups excluding carboxylic acids is 1. The molecule has 3 heteroatoms. The average molecular weight is 198 g/mol. The van der Waals surface area contributed by atoms with Gasteiger partial charge in [-0.15, -0.1) is 0 Å². The van der Waals surface area contributed by atoms with Crippen LogP contribution in [0.25, 0.3) is 11.4 Å². The van der Waals surface area contributed by atoms with Crippen molar-refractivity contribution < 1.29 is 4.79 Å². The fourth-order valence-corrected chi connectivity index (χ4v) is 1.39. The van der Waals surface area contributed by atoms with Gasteiger partial charge in [-0.3, -0.25) is 4.79 Å². The van der Waals surface area contributed by atoms with Crippen molar-refractivity contribution in [1.29, 1.82) is 0 Å². The van der Waals surface area contributed by atoms with Crippen molar-refractivity contribution in [3.63, 3.8) is 0 Å². The molecule has 0 bridgehead atoms. The van der Waals surface area contributed by atoms with Crippen LogP contribution in [0.2, 0.25) is 0 Å². The van der Waals surface area contributed by atoms with Crippen molar-refractivity contribution in [3.8, 4) is 11.4 Å². The number of hydrogen-bond acceptors (Lipinski definition) is 3. The summed E-state index contributed by atoms with van der Waals surface area (Å²) in [6.45, 7) is 1.99. The predicted molar refractivity (Wildman–Crippen MR) is 57.6 cm³/mol.